The van der Waals surface area contributed by atoms with E-state index in [9.17, 15) is 4.79 Å². The number of carbonyl (C=O) groups is 1. The van der Waals surface area contributed by atoms with Crippen molar-refractivity contribution in [1.82, 2.24) is 0 Å². The van der Waals surface area contributed by atoms with E-state index in [1.54, 1.807) is 0 Å². The van der Waals surface area contributed by atoms with Gasteiger partial charge in [0.05, 0.1) is 5.41 Å². The maximum atomic E-state index is 12.9. The Morgan fingerprint density at radius 2 is 1.41 bits per heavy atom. The number of esters is 1. The lowest BCUT2D eigenvalue weighted by atomic mass is 9.61. The molecule has 0 heterocycles. The molecule has 0 saturated carbocycles. The minimum Gasteiger partial charge on any atom is -0.460 e. The molecule has 0 bridgehead atoms. The van der Waals surface area contributed by atoms with Crippen LogP contribution < -0.4 is 0 Å². The van der Waals surface area contributed by atoms with Crippen LogP contribution in [0.15, 0.2) is 30.3 Å². The molecule has 0 radical (unpaired) electrons. The first kappa shape index (κ1) is 23.7. The van der Waals surface area contributed by atoms with Crippen molar-refractivity contribution in [3.8, 4) is 0 Å². The van der Waals surface area contributed by atoms with Gasteiger partial charge in [-0.15, -0.1) is 0 Å². The number of benzene rings is 1. The van der Waals surface area contributed by atoms with E-state index in [4.69, 9.17) is 4.74 Å². The van der Waals surface area contributed by atoms with Crippen LogP contribution in [-0.2, 0) is 16.1 Å². The van der Waals surface area contributed by atoms with Crippen LogP contribution in [0.3, 0.4) is 0 Å². The summed E-state index contributed by atoms with van der Waals surface area (Å²) >= 11 is 0. The Balaban J connectivity index is 2.75. The summed E-state index contributed by atoms with van der Waals surface area (Å²) in [5.74, 6) is -0.0460. The van der Waals surface area contributed by atoms with E-state index in [2.05, 4.69) is 48.5 Å². The largest absolute Gasteiger partial charge is 0.460 e. The Kier molecular flexibility index (Phi) is 9.05. The third-order valence-corrected chi connectivity index (χ3v) is 6.80. The van der Waals surface area contributed by atoms with Gasteiger partial charge >= 0.3 is 5.97 Å². The number of ether oxygens (including phenoxy) is 1. The lowest BCUT2D eigenvalue weighted by Gasteiger charge is -2.44. The number of carbonyl (C=O) groups excluding carboxylic acids is 1. The molecule has 0 saturated heterocycles. The van der Waals surface area contributed by atoms with Gasteiger partial charge in [-0.25, -0.2) is 0 Å². The molecule has 1 rings (SSSR count). The molecular formula is C25H42O2. The molecule has 0 amide bonds. The molecule has 1 aromatic rings. The van der Waals surface area contributed by atoms with Crippen molar-refractivity contribution < 1.29 is 9.53 Å². The van der Waals surface area contributed by atoms with Gasteiger partial charge in [-0.2, -0.15) is 0 Å². The fourth-order valence-corrected chi connectivity index (χ4v) is 3.66. The minimum absolute atomic E-state index is 0.0460. The van der Waals surface area contributed by atoms with Crippen LogP contribution in [0.4, 0.5) is 0 Å². The molecule has 0 fully saturated rings. The lowest BCUT2D eigenvalue weighted by Crippen LogP contribution is -2.36. The van der Waals surface area contributed by atoms with E-state index in [-0.39, 0.29) is 16.8 Å². The van der Waals surface area contributed by atoms with Gasteiger partial charge in [0.15, 0.2) is 0 Å². The molecular weight excluding hydrogens is 332 g/mol. The highest BCUT2D eigenvalue weighted by Gasteiger charge is 2.40. The summed E-state index contributed by atoms with van der Waals surface area (Å²) in [6, 6.07) is 9.95. The van der Waals surface area contributed by atoms with Gasteiger partial charge in [-0.1, -0.05) is 91.1 Å². The highest BCUT2D eigenvalue weighted by molar-refractivity contribution is 5.76. The predicted octanol–water partition coefficient (Wildman–Crippen LogP) is 7.56. The molecule has 154 valence electrons. The second kappa shape index (κ2) is 10.3. The number of rotatable bonds is 12. The fourth-order valence-electron chi connectivity index (χ4n) is 3.66. The molecule has 0 spiro atoms. The Morgan fingerprint density at radius 3 is 1.96 bits per heavy atom. The fraction of sp³-hybridized carbons (Fsp3) is 0.720. The summed E-state index contributed by atoms with van der Waals surface area (Å²) in [4.78, 5) is 12.9. The second-order valence-corrected chi connectivity index (χ2v) is 9.74. The number of hydrogen-bond donors (Lipinski definition) is 0. The van der Waals surface area contributed by atoms with Crippen molar-refractivity contribution in [2.75, 3.05) is 0 Å². The van der Waals surface area contributed by atoms with Gasteiger partial charge < -0.3 is 4.74 Å². The molecule has 0 aliphatic carbocycles. The highest BCUT2D eigenvalue weighted by atomic mass is 16.5. The van der Waals surface area contributed by atoms with E-state index in [0.717, 1.165) is 31.2 Å². The van der Waals surface area contributed by atoms with E-state index < -0.39 is 5.41 Å². The molecule has 27 heavy (non-hydrogen) atoms. The second-order valence-electron chi connectivity index (χ2n) is 9.74. The third-order valence-electron chi connectivity index (χ3n) is 6.80. The van der Waals surface area contributed by atoms with Gasteiger partial charge in [0.2, 0.25) is 0 Å². The summed E-state index contributed by atoms with van der Waals surface area (Å²) < 4.78 is 5.72. The Morgan fingerprint density at radius 1 is 0.815 bits per heavy atom. The zero-order valence-corrected chi connectivity index (χ0v) is 18.9. The van der Waals surface area contributed by atoms with Gasteiger partial charge in [0, 0.05) is 0 Å². The van der Waals surface area contributed by atoms with Crippen LogP contribution >= 0.6 is 0 Å². The van der Waals surface area contributed by atoms with Gasteiger partial charge in [-0.3, -0.25) is 4.79 Å². The van der Waals surface area contributed by atoms with Crippen LogP contribution in [-0.4, -0.2) is 5.97 Å². The van der Waals surface area contributed by atoms with Gasteiger partial charge in [0.25, 0.3) is 0 Å². The summed E-state index contributed by atoms with van der Waals surface area (Å²) in [6.45, 7) is 16.4. The monoisotopic (exact) mass is 374 g/mol. The van der Waals surface area contributed by atoms with Crippen LogP contribution in [0.25, 0.3) is 0 Å². The van der Waals surface area contributed by atoms with Crippen molar-refractivity contribution in [3.63, 3.8) is 0 Å². The first-order valence-corrected chi connectivity index (χ1v) is 10.8. The van der Waals surface area contributed by atoms with Crippen LogP contribution in [0.5, 0.6) is 0 Å². The maximum absolute atomic E-state index is 12.9. The average Bonchev–Trinajstić information content (AvgIpc) is 2.64. The SMILES string of the molecule is CCCCC(C)(C)C(C)(C)CC[C@](C)(CCC)C(=O)OCc1ccccc1. The summed E-state index contributed by atoms with van der Waals surface area (Å²) in [7, 11) is 0. The Hall–Kier alpha value is -1.31. The lowest BCUT2D eigenvalue weighted by molar-refractivity contribution is -0.158. The molecule has 0 aromatic heterocycles. The summed E-state index contributed by atoms with van der Waals surface area (Å²) in [6.07, 6.45) is 7.54. The van der Waals surface area contributed by atoms with Gasteiger partial charge in [-0.05, 0) is 49.0 Å². The van der Waals surface area contributed by atoms with E-state index in [1.807, 2.05) is 30.3 Å². The molecule has 2 nitrogen and oxygen atoms in total. The Bertz CT molecular complexity index is 559. The maximum Gasteiger partial charge on any atom is 0.312 e. The van der Waals surface area contributed by atoms with Crippen LogP contribution in [0.2, 0.25) is 0 Å². The zero-order chi connectivity index (χ0) is 20.6. The number of hydrogen-bond acceptors (Lipinski definition) is 2. The topological polar surface area (TPSA) is 26.3 Å². The normalized spacial score (nSPS) is 14.6. The van der Waals surface area contributed by atoms with E-state index in [0.29, 0.717) is 6.61 Å². The molecule has 0 aliphatic heterocycles. The Labute approximate surface area is 168 Å². The first-order chi connectivity index (χ1) is 12.6. The molecule has 2 heteroatoms. The van der Waals surface area contributed by atoms with E-state index in [1.165, 1.54) is 19.3 Å². The van der Waals surface area contributed by atoms with Crippen molar-refractivity contribution in [2.45, 2.75) is 100 Å². The third kappa shape index (κ3) is 6.97. The highest BCUT2D eigenvalue weighted by Crippen LogP contribution is 2.48. The van der Waals surface area contributed by atoms with Crippen molar-refractivity contribution in [1.29, 1.82) is 0 Å². The van der Waals surface area contributed by atoms with E-state index >= 15 is 0 Å². The average molecular weight is 375 g/mol. The smallest absolute Gasteiger partial charge is 0.312 e. The van der Waals surface area contributed by atoms with Crippen molar-refractivity contribution in [2.24, 2.45) is 16.2 Å². The molecule has 0 aliphatic rings. The molecule has 1 aromatic carbocycles. The van der Waals surface area contributed by atoms with Crippen LogP contribution in [0.1, 0.15) is 99.0 Å². The zero-order valence-electron chi connectivity index (χ0n) is 18.9. The predicted molar refractivity (Wildman–Crippen MR) is 116 cm³/mol. The minimum atomic E-state index is -0.401. The standard InChI is InChI=1S/C25H42O2/c1-8-10-17-23(3,4)24(5,6)18-19-25(7,16-9-2)22(26)27-20-21-14-12-11-13-15-21/h11-15H,8-10,16-20H2,1-7H3/t25-/m0/s1. The number of unbranched alkanes of at least 4 members (excludes halogenated alkanes) is 1. The molecule has 0 unspecified atom stereocenters. The van der Waals surface area contributed by atoms with Crippen molar-refractivity contribution in [3.05, 3.63) is 35.9 Å². The summed E-state index contributed by atoms with van der Waals surface area (Å²) in [5, 5.41) is 0. The first-order valence-electron chi connectivity index (χ1n) is 10.8. The van der Waals surface area contributed by atoms with Gasteiger partial charge in [0.1, 0.15) is 6.61 Å². The summed E-state index contributed by atoms with van der Waals surface area (Å²) in [5.41, 5.74) is 1.11. The van der Waals surface area contributed by atoms with Crippen LogP contribution in [0, 0.1) is 16.2 Å². The molecule has 1 atom stereocenters. The quantitative estimate of drug-likeness (QED) is 0.353. The van der Waals surface area contributed by atoms with Crippen molar-refractivity contribution >= 4 is 5.97 Å². The molecule has 0 N–H and O–H groups in total.